The number of carbonyl (C=O) groups is 3. The maximum atomic E-state index is 12.0. The van der Waals surface area contributed by atoms with Crippen molar-refractivity contribution in [2.45, 2.75) is 6.10 Å². The van der Waals surface area contributed by atoms with E-state index in [0.717, 1.165) is 0 Å². The number of benzene rings is 1. The molecule has 1 aliphatic heterocycles. The number of fused-ring (bicyclic) bond motifs is 1. The highest BCUT2D eigenvalue weighted by atomic mass is 16.6. The van der Waals surface area contributed by atoms with Crippen LogP contribution in [0.15, 0.2) is 18.2 Å². The van der Waals surface area contributed by atoms with E-state index in [1.807, 2.05) is 0 Å². The molecule has 0 aromatic heterocycles. The first kappa shape index (κ1) is 12.1. The van der Waals surface area contributed by atoms with Crippen LogP contribution in [0.4, 0.5) is 0 Å². The Balaban J connectivity index is 2.26. The molecular weight excluding hydrogens is 240 g/mol. The number of ether oxygens (including phenoxy) is 3. The summed E-state index contributed by atoms with van der Waals surface area (Å²) in [5.41, 5.74) is 0.268. The van der Waals surface area contributed by atoms with Gasteiger partial charge in [-0.25, -0.2) is 4.79 Å². The molecule has 1 aromatic rings. The third-order valence-electron chi connectivity index (χ3n) is 2.49. The van der Waals surface area contributed by atoms with Gasteiger partial charge in [0.25, 0.3) is 0 Å². The van der Waals surface area contributed by atoms with E-state index in [1.165, 1.54) is 13.2 Å². The number of hydrogen-bond donors (Lipinski definition) is 0. The zero-order valence-corrected chi connectivity index (χ0v) is 9.54. The van der Waals surface area contributed by atoms with Gasteiger partial charge >= 0.3 is 5.97 Å². The summed E-state index contributed by atoms with van der Waals surface area (Å²) in [6, 6.07) is 4.76. The molecule has 1 aliphatic rings. The van der Waals surface area contributed by atoms with Crippen LogP contribution in [0.25, 0.3) is 0 Å². The number of esters is 1. The van der Waals surface area contributed by atoms with Gasteiger partial charge in [-0.15, -0.1) is 0 Å². The molecule has 94 valence electrons. The van der Waals surface area contributed by atoms with Gasteiger partial charge in [0.1, 0.15) is 18.1 Å². The Morgan fingerprint density at radius 3 is 2.94 bits per heavy atom. The van der Waals surface area contributed by atoms with Crippen molar-refractivity contribution >= 4 is 18.0 Å². The van der Waals surface area contributed by atoms with E-state index >= 15 is 0 Å². The minimum atomic E-state index is -1.10. The molecule has 0 amide bonds. The smallest absolute Gasteiger partial charge is 0.372 e. The van der Waals surface area contributed by atoms with Gasteiger partial charge < -0.3 is 14.2 Å². The summed E-state index contributed by atoms with van der Waals surface area (Å²) in [7, 11) is 1.47. The quantitative estimate of drug-likeness (QED) is 0.438. The second-order valence-corrected chi connectivity index (χ2v) is 3.58. The lowest BCUT2D eigenvalue weighted by Crippen LogP contribution is -2.37. The lowest BCUT2D eigenvalue weighted by molar-refractivity contribution is -0.152. The van der Waals surface area contributed by atoms with E-state index in [9.17, 15) is 14.4 Å². The first-order valence-electron chi connectivity index (χ1n) is 5.16. The largest absolute Gasteiger partial charge is 0.497 e. The van der Waals surface area contributed by atoms with Crippen LogP contribution >= 0.6 is 0 Å². The van der Waals surface area contributed by atoms with Crippen molar-refractivity contribution in [1.29, 1.82) is 0 Å². The topological polar surface area (TPSA) is 78.9 Å². The predicted molar refractivity (Wildman–Crippen MR) is 58.8 cm³/mol. The fourth-order valence-electron chi connectivity index (χ4n) is 1.62. The van der Waals surface area contributed by atoms with Crippen LogP contribution in [0, 0.1) is 0 Å². The van der Waals surface area contributed by atoms with E-state index in [0.29, 0.717) is 11.5 Å². The zero-order chi connectivity index (χ0) is 13.1. The number of aldehydes is 1. The van der Waals surface area contributed by atoms with Crippen LogP contribution in [-0.4, -0.2) is 37.9 Å². The third-order valence-corrected chi connectivity index (χ3v) is 2.49. The second kappa shape index (κ2) is 4.87. The first-order valence-corrected chi connectivity index (χ1v) is 5.16. The zero-order valence-electron chi connectivity index (χ0n) is 9.54. The van der Waals surface area contributed by atoms with E-state index in [-0.39, 0.29) is 18.5 Å². The lowest BCUT2D eigenvalue weighted by atomic mass is 10.0. The van der Waals surface area contributed by atoms with Crippen LogP contribution in [0.3, 0.4) is 0 Å². The molecule has 0 radical (unpaired) electrons. The average Bonchev–Trinajstić information content (AvgIpc) is 2.41. The summed E-state index contributed by atoms with van der Waals surface area (Å²) in [6.45, 7) is -0.0995. The van der Waals surface area contributed by atoms with Crippen molar-refractivity contribution in [3.8, 4) is 11.5 Å². The van der Waals surface area contributed by atoms with Gasteiger partial charge in [-0.2, -0.15) is 0 Å². The minimum absolute atomic E-state index is 0.00831. The number of ketones is 1. The molecule has 6 heteroatoms. The molecular formula is C12H10O6. The maximum Gasteiger partial charge on any atom is 0.372 e. The van der Waals surface area contributed by atoms with Gasteiger partial charge in [-0.05, 0) is 18.2 Å². The summed E-state index contributed by atoms with van der Waals surface area (Å²) in [5.74, 6) is -0.610. The average molecular weight is 250 g/mol. The molecule has 6 nitrogen and oxygen atoms in total. The van der Waals surface area contributed by atoms with E-state index < -0.39 is 17.9 Å². The molecule has 0 aliphatic carbocycles. The Morgan fingerprint density at radius 1 is 1.50 bits per heavy atom. The van der Waals surface area contributed by atoms with Crippen LogP contribution < -0.4 is 9.47 Å². The third kappa shape index (κ3) is 2.17. The summed E-state index contributed by atoms with van der Waals surface area (Å²) >= 11 is 0. The molecule has 0 saturated carbocycles. The fraction of sp³-hybridized carbons (Fsp3) is 0.250. The minimum Gasteiger partial charge on any atom is -0.497 e. The monoisotopic (exact) mass is 250 g/mol. The van der Waals surface area contributed by atoms with Gasteiger partial charge in [0.2, 0.25) is 12.1 Å². The predicted octanol–water partition coefficient (Wildman–Crippen LogP) is 0.381. The van der Waals surface area contributed by atoms with Gasteiger partial charge in [-0.3, -0.25) is 9.59 Å². The number of rotatable bonds is 3. The summed E-state index contributed by atoms with van der Waals surface area (Å²) in [6.07, 6.45) is -1.09. The molecule has 2 rings (SSSR count). The van der Waals surface area contributed by atoms with Crippen molar-refractivity contribution in [3.63, 3.8) is 0 Å². The van der Waals surface area contributed by atoms with Crippen molar-refractivity contribution in [3.05, 3.63) is 23.8 Å². The van der Waals surface area contributed by atoms with Gasteiger partial charge in [-0.1, -0.05) is 0 Å². The lowest BCUT2D eigenvalue weighted by Gasteiger charge is -2.23. The van der Waals surface area contributed by atoms with Gasteiger partial charge in [0.15, 0.2) is 6.10 Å². The summed E-state index contributed by atoms with van der Waals surface area (Å²) < 4.78 is 14.9. The maximum absolute atomic E-state index is 12.0. The Bertz CT molecular complexity index is 507. The standard InChI is InChI=1S/C12H10O6/c1-16-7-2-3-9-8(4-7)12(15)10(6-17-9)18-11(14)5-13/h2-5,10H,6H2,1H3. The highest BCUT2D eigenvalue weighted by Crippen LogP contribution is 2.29. The number of hydrogen-bond acceptors (Lipinski definition) is 6. The number of carbonyl (C=O) groups excluding carboxylic acids is 3. The second-order valence-electron chi connectivity index (χ2n) is 3.58. The van der Waals surface area contributed by atoms with Crippen molar-refractivity contribution in [2.75, 3.05) is 13.7 Å². The molecule has 1 atom stereocenters. The van der Waals surface area contributed by atoms with Crippen LogP contribution in [0.2, 0.25) is 0 Å². The van der Waals surface area contributed by atoms with Crippen molar-refractivity contribution in [2.24, 2.45) is 0 Å². The molecule has 18 heavy (non-hydrogen) atoms. The van der Waals surface area contributed by atoms with Crippen LogP contribution in [0.1, 0.15) is 10.4 Å². The molecule has 0 N–H and O–H groups in total. The highest BCUT2D eigenvalue weighted by molar-refractivity contribution is 6.21. The molecule has 0 fully saturated rings. The van der Waals surface area contributed by atoms with Crippen LogP contribution in [0.5, 0.6) is 11.5 Å². The molecule has 1 heterocycles. The summed E-state index contributed by atoms with van der Waals surface area (Å²) in [4.78, 5) is 33.0. The van der Waals surface area contributed by atoms with E-state index in [1.54, 1.807) is 12.1 Å². The number of Topliss-reactive ketones (excluding diaryl/α,β-unsaturated/α-hetero) is 1. The molecule has 0 saturated heterocycles. The highest BCUT2D eigenvalue weighted by Gasteiger charge is 2.32. The normalized spacial score (nSPS) is 17.4. The Labute approximate surface area is 102 Å². The fourth-order valence-corrected chi connectivity index (χ4v) is 1.62. The number of methoxy groups -OCH3 is 1. The molecule has 0 bridgehead atoms. The molecule has 1 aromatic carbocycles. The van der Waals surface area contributed by atoms with Gasteiger partial charge in [0, 0.05) is 0 Å². The van der Waals surface area contributed by atoms with Crippen molar-refractivity contribution < 1.29 is 28.6 Å². The van der Waals surface area contributed by atoms with Crippen LogP contribution in [-0.2, 0) is 14.3 Å². The van der Waals surface area contributed by atoms with Crippen molar-refractivity contribution in [1.82, 2.24) is 0 Å². The van der Waals surface area contributed by atoms with Gasteiger partial charge in [0.05, 0.1) is 12.7 Å². The molecule has 1 unspecified atom stereocenters. The Kier molecular flexibility index (Phi) is 3.27. The molecule has 0 spiro atoms. The summed E-state index contributed by atoms with van der Waals surface area (Å²) in [5, 5.41) is 0. The SMILES string of the molecule is COc1ccc2c(c1)C(=O)C(OC(=O)C=O)CO2. The Morgan fingerprint density at radius 2 is 2.28 bits per heavy atom. The first-order chi connectivity index (χ1) is 8.65. The van der Waals surface area contributed by atoms with E-state index in [2.05, 4.69) is 4.74 Å². The Hall–Kier alpha value is -2.37. The van der Waals surface area contributed by atoms with E-state index in [4.69, 9.17) is 9.47 Å².